The van der Waals surface area contributed by atoms with Crippen LogP contribution in [0.3, 0.4) is 0 Å². The van der Waals surface area contributed by atoms with Gasteiger partial charge in [-0.1, -0.05) is 23.2 Å². The number of thioether (sulfide) groups is 1. The van der Waals surface area contributed by atoms with Crippen LogP contribution in [0.2, 0.25) is 0 Å². The molecule has 1 amide bonds. The minimum Gasteiger partial charge on any atom is -0.449 e. The number of carbonyl (C=O) groups excluding carboxylic acids is 3. The number of aryl methyl sites for hydroxylation is 1. The maximum atomic E-state index is 13.7. The SMILES string of the molecule is Cc1cc(SCC2C(O)C3C(C(=O)OCCl)C3C2(NC(=O)OC(C)(C)C)C(=O)OCCl)ccc1F. The fraction of sp³-hybridized carbons (Fsp3) is 0.609. The van der Waals surface area contributed by atoms with Gasteiger partial charge in [-0.25, -0.2) is 14.0 Å². The molecule has 1 aromatic carbocycles. The Morgan fingerprint density at radius 3 is 2.43 bits per heavy atom. The second-order valence-corrected chi connectivity index (χ2v) is 11.1. The van der Waals surface area contributed by atoms with Gasteiger partial charge in [0.1, 0.15) is 11.4 Å². The van der Waals surface area contributed by atoms with Crippen LogP contribution in [0.25, 0.3) is 0 Å². The molecule has 2 N–H and O–H groups in total. The summed E-state index contributed by atoms with van der Waals surface area (Å²) in [6.45, 7) is 6.60. The quantitative estimate of drug-likeness (QED) is 0.217. The molecule has 0 radical (unpaired) electrons. The average Bonchev–Trinajstić information content (AvgIpc) is 3.45. The monoisotopic (exact) mass is 551 g/mol. The number of amides is 1. The second-order valence-electron chi connectivity index (χ2n) is 9.56. The Morgan fingerprint density at radius 1 is 1.20 bits per heavy atom. The van der Waals surface area contributed by atoms with Gasteiger partial charge < -0.3 is 24.6 Å². The van der Waals surface area contributed by atoms with E-state index in [1.807, 2.05) is 0 Å². The van der Waals surface area contributed by atoms with Crippen LogP contribution in [0, 0.1) is 36.4 Å². The molecule has 0 heterocycles. The van der Waals surface area contributed by atoms with Crippen molar-refractivity contribution in [1.29, 1.82) is 0 Å². The highest BCUT2D eigenvalue weighted by Crippen LogP contribution is 2.65. The van der Waals surface area contributed by atoms with E-state index in [2.05, 4.69) is 5.32 Å². The molecule has 194 valence electrons. The zero-order chi connectivity index (χ0) is 26.1. The van der Waals surface area contributed by atoms with Gasteiger partial charge in [-0.2, -0.15) is 0 Å². The molecule has 0 aromatic heterocycles. The number of fused-ring (bicyclic) bond motifs is 1. The first-order valence-electron chi connectivity index (χ1n) is 10.9. The smallest absolute Gasteiger partial charge is 0.408 e. The number of ether oxygens (including phenoxy) is 3. The Morgan fingerprint density at radius 2 is 1.86 bits per heavy atom. The normalized spacial score (nSPS) is 29.2. The number of esters is 2. The lowest BCUT2D eigenvalue weighted by atomic mass is 9.80. The summed E-state index contributed by atoms with van der Waals surface area (Å²) in [5, 5.41) is 13.8. The largest absolute Gasteiger partial charge is 0.449 e. The molecule has 6 atom stereocenters. The Hall–Kier alpha value is -1.75. The summed E-state index contributed by atoms with van der Waals surface area (Å²) in [5.74, 6) is -5.06. The van der Waals surface area contributed by atoms with Gasteiger partial charge in [0.2, 0.25) is 0 Å². The van der Waals surface area contributed by atoms with E-state index in [0.717, 1.165) is 0 Å². The van der Waals surface area contributed by atoms with Crippen molar-refractivity contribution in [2.24, 2.45) is 23.7 Å². The van der Waals surface area contributed by atoms with Gasteiger partial charge in [0.15, 0.2) is 17.7 Å². The van der Waals surface area contributed by atoms with Gasteiger partial charge in [-0.3, -0.25) is 4.79 Å². The molecule has 2 aliphatic rings. The first-order chi connectivity index (χ1) is 16.4. The van der Waals surface area contributed by atoms with Crippen LogP contribution < -0.4 is 5.32 Å². The van der Waals surface area contributed by atoms with Gasteiger partial charge in [0.05, 0.1) is 12.0 Å². The predicted octanol–water partition coefficient (Wildman–Crippen LogP) is 3.82. The Labute approximate surface area is 217 Å². The third-order valence-corrected chi connectivity index (χ3v) is 7.58. The van der Waals surface area contributed by atoms with E-state index in [1.54, 1.807) is 39.8 Å². The zero-order valence-corrected chi connectivity index (χ0v) is 22.0. The van der Waals surface area contributed by atoms with Crippen molar-refractivity contribution in [2.45, 2.75) is 49.8 Å². The Balaban J connectivity index is 1.98. The van der Waals surface area contributed by atoms with Crippen molar-refractivity contribution >= 4 is 53.0 Å². The van der Waals surface area contributed by atoms with E-state index >= 15 is 0 Å². The van der Waals surface area contributed by atoms with Crippen molar-refractivity contribution in [3.63, 3.8) is 0 Å². The number of hydrogen-bond donors (Lipinski definition) is 2. The molecule has 0 saturated heterocycles. The second kappa shape index (κ2) is 10.7. The summed E-state index contributed by atoms with van der Waals surface area (Å²) >= 11 is 12.5. The van der Waals surface area contributed by atoms with Crippen molar-refractivity contribution in [3.05, 3.63) is 29.6 Å². The maximum absolute atomic E-state index is 13.7. The van der Waals surface area contributed by atoms with Gasteiger partial charge >= 0.3 is 18.0 Å². The van der Waals surface area contributed by atoms with E-state index in [0.29, 0.717) is 10.5 Å². The van der Waals surface area contributed by atoms with Crippen LogP contribution in [0.5, 0.6) is 0 Å². The molecule has 3 rings (SSSR count). The lowest BCUT2D eigenvalue weighted by Crippen LogP contribution is -2.63. The molecule has 0 bridgehead atoms. The van der Waals surface area contributed by atoms with Gasteiger partial charge in [0, 0.05) is 28.4 Å². The summed E-state index contributed by atoms with van der Waals surface area (Å²) in [6, 6.07) is 3.65. The van der Waals surface area contributed by atoms with Gasteiger partial charge in [-0.05, 0) is 51.5 Å². The molecular formula is C23H28Cl2FNO7S. The Bertz CT molecular complexity index is 991. The summed E-state index contributed by atoms with van der Waals surface area (Å²) in [7, 11) is 0. The Kier molecular flexibility index (Phi) is 8.51. The minimum absolute atomic E-state index is 0.143. The predicted molar refractivity (Wildman–Crippen MR) is 128 cm³/mol. The number of aliphatic hydroxyl groups excluding tert-OH is 1. The van der Waals surface area contributed by atoms with E-state index in [4.69, 9.17) is 37.4 Å². The molecule has 2 fully saturated rings. The van der Waals surface area contributed by atoms with Crippen LogP contribution in [-0.2, 0) is 23.8 Å². The molecule has 2 aliphatic carbocycles. The lowest BCUT2D eigenvalue weighted by molar-refractivity contribution is -0.155. The molecule has 35 heavy (non-hydrogen) atoms. The van der Waals surface area contributed by atoms with E-state index in [9.17, 15) is 23.9 Å². The van der Waals surface area contributed by atoms with Crippen molar-refractivity contribution < 1.29 is 38.1 Å². The third kappa shape index (κ3) is 5.65. The molecule has 0 aliphatic heterocycles. The van der Waals surface area contributed by atoms with Crippen LogP contribution in [-0.4, -0.2) is 58.3 Å². The fourth-order valence-corrected chi connectivity index (χ4v) is 6.33. The molecule has 6 unspecified atom stereocenters. The summed E-state index contributed by atoms with van der Waals surface area (Å²) in [6.07, 6.45) is -2.08. The van der Waals surface area contributed by atoms with Crippen molar-refractivity contribution in [3.8, 4) is 0 Å². The number of aliphatic hydroxyl groups is 1. The van der Waals surface area contributed by atoms with Crippen LogP contribution in [0.1, 0.15) is 26.3 Å². The number of rotatable bonds is 8. The summed E-state index contributed by atoms with van der Waals surface area (Å²) in [4.78, 5) is 39.5. The van der Waals surface area contributed by atoms with Crippen LogP contribution in [0.15, 0.2) is 23.1 Å². The molecule has 12 heteroatoms. The zero-order valence-electron chi connectivity index (χ0n) is 19.7. The number of alkyl carbamates (subject to hydrolysis) is 1. The average molecular weight is 552 g/mol. The number of halogens is 3. The van der Waals surface area contributed by atoms with E-state index in [-0.39, 0.29) is 11.6 Å². The standard InChI is InChI=1S/C23H28Cl2FNO7S/c1-11-7-12(5-6-14(11)26)35-8-13-18(28)15-16(19(29)32-9-24)17(15)23(13,20(30)33-10-25)27-21(31)34-22(2,3)4/h5-7,13,15-18,28H,8-10H2,1-4H3,(H,27,31). The fourth-order valence-electron chi connectivity index (χ4n) is 4.86. The molecule has 2 saturated carbocycles. The van der Waals surface area contributed by atoms with Crippen molar-refractivity contribution in [2.75, 3.05) is 17.9 Å². The minimum atomic E-state index is -1.82. The topological polar surface area (TPSA) is 111 Å². The van der Waals surface area contributed by atoms with Gasteiger partial charge in [0.25, 0.3) is 0 Å². The molecule has 1 aromatic rings. The van der Waals surface area contributed by atoms with Crippen LogP contribution in [0.4, 0.5) is 9.18 Å². The lowest BCUT2D eigenvalue weighted by Gasteiger charge is -2.38. The first kappa shape index (κ1) is 27.8. The molecule has 8 nitrogen and oxygen atoms in total. The number of carbonyl (C=O) groups is 3. The highest BCUT2D eigenvalue weighted by Gasteiger charge is 2.80. The highest BCUT2D eigenvalue weighted by atomic mass is 35.5. The van der Waals surface area contributed by atoms with Crippen LogP contribution >= 0.6 is 35.0 Å². The number of benzene rings is 1. The first-order valence-corrected chi connectivity index (χ1v) is 13.0. The maximum Gasteiger partial charge on any atom is 0.408 e. The molecule has 0 spiro atoms. The highest BCUT2D eigenvalue weighted by molar-refractivity contribution is 7.99. The summed E-state index contributed by atoms with van der Waals surface area (Å²) < 4.78 is 29.1. The molecular weight excluding hydrogens is 524 g/mol. The van der Waals surface area contributed by atoms with E-state index < -0.39 is 71.1 Å². The van der Waals surface area contributed by atoms with Crippen molar-refractivity contribution in [1.82, 2.24) is 5.32 Å². The number of hydrogen-bond acceptors (Lipinski definition) is 8. The van der Waals surface area contributed by atoms with E-state index in [1.165, 1.54) is 17.8 Å². The summed E-state index contributed by atoms with van der Waals surface area (Å²) in [5.41, 5.74) is -2.26. The number of nitrogens with one attached hydrogen (secondary N) is 1. The third-order valence-electron chi connectivity index (χ3n) is 6.25. The number of alkyl halides is 2. The van der Waals surface area contributed by atoms with Gasteiger partial charge in [-0.15, -0.1) is 11.8 Å².